The third-order valence-corrected chi connectivity index (χ3v) is 7.90. The molecule has 3 atom stereocenters. The molecule has 2 N–H and O–H groups in total. The van der Waals surface area contributed by atoms with Crippen molar-refractivity contribution in [3.8, 4) is 0 Å². The maximum atomic E-state index is 12.9. The van der Waals surface area contributed by atoms with Gasteiger partial charge in [-0.1, -0.05) is 38.8 Å². The Morgan fingerprint density at radius 3 is 2.63 bits per heavy atom. The predicted octanol–water partition coefficient (Wildman–Crippen LogP) is 4.81. The maximum Gasteiger partial charge on any atom is 0.262 e. The van der Waals surface area contributed by atoms with E-state index in [1.807, 2.05) is 24.3 Å². The predicted molar refractivity (Wildman–Crippen MR) is 123 cm³/mol. The Bertz CT molecular complexity index is 1020. The van der Waals surface area contributed by atoms with Crippen molar-refractivity contribution in [3.63, 3.8) is 0 Å². The van der Waals surface area contributed by atoms with Crippen LogP contribution in [-0.2, 0) is 11.3 Å². The van der Waals surface area contributed by atoms with Crippen LogP contribution in [0.25, 0.3) is 10.9 Å². The molecule has 1 aromatic heterocycles. The van der Waals surface area contributed by atoms with E-state index in [9.17, 15) is 9.59 Å². The van der Waals surface area contributed by atoms with E-state index in [-0.39, 0.29) is 17.4 Å². The Morgan fingerprint density at radius 2 is 1.87 bits per heavy atom. The average Bonchev–Trinajstić information content (AvgIpc) is 2.75. The SMILES string of the molecule is C[C@@H]1[C@H](C)CCC[C@@H]1NC(=O)C1CCC(Cn2c(=S)[nH]c3ccccc3c2=O)CC1. The maximum absolute atomic E-state index is 12.9. The van der Waals surface area contributed by atoms with Crippen LogP contribution in [0.5, 0.6) is 0 Å². The second-order valence-electron chi connectivity index (χ2n) is 9.49. The minimum Gasteiger partial charge on any atom is -0.353 e. The quantitative estimate of drug-likeness (QED) is 0.689. The summed E-state index contributed by atoms with van der Waals surface area (Å²) in [5, 5.41) is 4.03. The van der Waals surface area contributed by atoms with Crippen LogP contribution in [0.3, 0.4) is 0 Å². The zero-order valence-corrected chi connectivity index (χ0v) is 18.8. The third-order valence-electron chi connectivity index (χ3n) is 7.58. The van der Waals surface area contributed by atoms with E-state index in [4.69, 9.17) is 12.2 Å². The standard InChI is InChI=1S/C24H33N3O2S/c1-15-6-5-9-20(16(15)2)25-22(28)18-12-10-17(11-13-18)14-27-23(29)19-7-3-4-8-21(19)26-24(27)30/h3-4,7-8,15-18,20H,5-6,9-14H2,1-2H3,(H,25,28)(H,26,30)/t15-,16-,17?,18?,20+/m1/s1. The molecule has 162 valence electrons. The lowest BCUT2D eigenvalue weighted by molar-refractivity contribution is -0.127. The highest BCUT2D eigenvalue weighted by Crippen LogP contribution is 2.32. The summed E-state index contributed by atoms with van der Waals surface area (Å²) in [6.07, 6.45) is 7.30. The molecule has 0 saturated heterocycles. The van der Waals surface area contributed by atoms with Crippen LogP contribution in [0.2, 0.25) is 0 Å². The van der Waals surface area contributed by atoms with Crippen molar-refractivity contribution in [3.05, 3.63) is 39.4 Å². The highest BCUT2D eigenvalue weighted by molar-refractivity contribution is 7.71. The lowest BCUT2D eigenvalue weighted by atomic mass is 9.77. The second-order valence-corrected chi connectivity index (χ2v) is 9.88. The summed E-state index contributed by atoms with van der Waals surface area (Å²) in [4.78, 5) is 28.9. The third kappa shape index (κ3) is 4.39. The lowest BCUT2D eigenvalue weighted by Gasteiger charge is -2.36. The molecule has 5 nitrogen and oxygen atoms in total. The molecule has 2 aliphatic rings. The molecular weight excluding hydrogens is 394 g/mol. The van der Waals surface area contributed by atoms with Crippen molar-refractivity contribution in [2.75, 3.05) is 0 Å². The van der Waals surface area contributed by atoms with Crippen molar-refractivity contribution in [1.82, 2.24) is 14.9 Å². The zero-order chi connectivity index (χ0) is 21.3. The number of aromatic amines is 1. The van der Waals surface area contributed by atoms with Crippen molar-refractivity contribution in [1.29, 1.82) is 0 Å². The fourth-order valence-electron chi connectivity index (χ4n) is 5.32. The molecule has 2 fully saturated rings. The molecule has 6 heteroatoms. The van der Waals surface area contributed by atoms with E-state index in [0.29, 0.717) is 40.5 Å². The minimum absolute atomic E-state index is 0.0189. The molecule has 2 aromatic rings. The highest BCUT2D eigenvalue weighted by atomic mass is 32.1. The van der Waals surface area contributed by atoms with Crippen molar-refractivity contribution in [2.45, 2.75) is 71.4 Å². The van der Waals surface area contributed by atoms with Crippen LogP contribution in [0.15, 0.2) is 29.1 Å². The van der Waals surface area contributed by atoms with Crippen LogP contribution in [0.4, 0.5) is 0 Å². The molecule has 0 bridgehead atoms. The number of hydrogen-bond acceptors (Lipinski definition) is 3. The first-order valence-corrected chi connectivity index (χ1v) is 11.9. The number of benzene rings is 1. The Balaban J connectivity index is 1.36. The fourth-order valence-corrected chi connectivity index (χ4v) is 5.58. The first-order valence-electron chi connectivity index (χ1n) is 11.5. The summed E-state index contributed by atoms with van der Waals surface area (Å²) < 4.78 is 2.19. The number of carbonyl (C=O) groups excluding carboxylic acids is 1. The first kappa shape index (κ1) is 21.3. The average molecular weight is 428 g/mol. The van der Waals surface area contributed by atoms with Crippen molar-refractivity contribution in [2.24, 2.45) is 23.7 Å². The first-order chi connectivity index (χ1) is 14.4. The van der Waals surface area contributed by atoms with Gasteiger partial charge in [0.05, 0.1) is 10.9 Å². The van der Waals surface area contributed by atoms with Crippen LogP contribution in [0, 0.1) is 28.4 Å². The molecular formula is C24H33N3O2S. The molecule has 0 unspecified atom stereocenters. The monoisotopic (exact) mass is 427 g/mol. The van der Waals surface area contributed by atoms with Gasteiger partial charge in [0.15, 0.2) is 4.77 Å². The van der Waals surface area contributed by atoms with Crippen molar-refractivity contribution < 1.29 is 4.79 Å². The second kappa shape index (κ2) is 9.04. The lowest BCUT2D eigenvalue weighted by Crippen LogP contribution is -2.46. The number of hydrogen-bond donors (Lipinski definition) is 2. The molecule has 1 aromatic carbocycles. The molecule has 0 radical (unpaired) electrons. The van der Waals surface area contributed by atoms with Gasteiger partial charge in [-0.3, -0.25) is 14.2 Å². The van der Waals surface area contributed by atoms with E-state index in [1.54, 1.807) is 4.57 Å². The van der Waals surface area contributed by atoms with Gasteiger partial charge in [0, 0.05) is 18.5 Å². The summed E-state index contributed by atoms with van der Waals surface area (Å²) in [5.74, 6) is 1.97. The summed E-state index contributed by atoms with van der Waals surface area (Å²) in [6, 6.07) is 7.83. The number of rotatable bonds is 4. The molecule has 0 aliphatic heterocycles. The normalized spacial score (nSPS) is 29.6. The summed E-state index contributed by atoms with van der Waals surface area (Å²) >= 11 is 5.46. The summed E-state index contributed by atoms with van der Waals surface area (Å²) in [7, 11) is 0. The molecule has 0 spiro atoms. The number of H-pyrrole nitrogens is 1. The van der Waals surface area contributed by atoms with Gasteiger partial charge in [-0.25, -0.2) is 0 Å². The minimum atomic E-state index is -0.0189. The number of amides is 1. The van der Waals surface area contributed by atoms with E-state index < -0.39 is 0 Å². The van der Waals surface area contributed by atoms with Gasteiger partial charge in [-0.2, -0.15) is 0 Å². The van der Waals surface area contributed by atoms with Gasteiger partial charge in [0.25, 0.3) is 5.56 Å². The number of para-hydroxylation sites is 1. The van der Waals surface area contributed by atoms with Crippen LogP contribution >= 0.6 is 12.2 Å². The van der Waals surface area contributed by atoms with Crippen LogP contribution < -0.4 is 10.9 Å². The largest absolute Gasteiger partial charge is 0.353 e. The van der Waals surface area contributed by atoms with Gasteiger partial charge in [-0.05, 0) is 74.2 Å². The topological polar surface area (TPSA) is 66.9 Å². The fraction of sp³-hybridized carbons (Fsp3) is 0.625. The highest BCUT2D eigenvalue weighted by Gasteiger charge is 2.32. The van der Waals surface area contributed by atoms with Crippen LogP contribution in [-0.4, -0.2) is 21.5 Å². The van der Waals surface area contributed by atoms with Gasteiger partial charge < -0.3 is 10.3 Å². The number of aromatic nitrogens is 2. The molecule has 2 aliphatic carbocycles. The Morgan fingerprint density at radius 1 is 1.13 bits per heavy atom. The number of fused-ring (bicyclic) bond motifs is 1. The zero-order valence-electron chi connectivity index (χ0n) is 18.0. The summed E-state index contributed by atoms with van der Waals surface area (Å²) in [6.45, 7) is 5.20. The molecule has 1 amide bonds. The Labute approximate surface area is 183 Å². The molecule has 30 heavy (non-hydrogen) atoms. The van der Waals surface area contributed by atoms with Crippen molar-refractivity contribution >= 4 is 29.0 Å². The van der Waals surface area contributed by atoms with E-state index in [1.165, 1.54) is 12.8 Å². The van der Waals surface area contributed by atoms with Gasteiger partial charge in [0.1, 0.15) is 0 Å². The van der Waals surface area contributed by atoms with Gasteiger partial charge >= 0.3 is 0 Å². The molecule has 4 rings (SSSR count). The Hall–Kier alpha value is -1.95. The number of carbonyl (C=O) groups is 1. The smallest absolute Gasteiger partial charge is 0.262 e. The van der Waals surface area contributed by atoms with E-state index in [2.05, 4.69) is 24.1 Å². The van der Waals surface area contributed by atoms with E-state index in [0.717, 1.165) is 37.6 Å². The van der Waals surface area contributed by atoms with Crippen LogP contribution in [0.1, 0.15) is 58.8 Å². The number of nitrogens with one attached hydrogen (secondary N) is 2. The molecule has 2 saturated carbocycles. The Kier molecular flexibility index (Phi) is 6.42. The van der Waals surface area contributed by atoms with Gasteiger partial charge in [-0.15, -0.1) is 0 Å². The number of nitrogens with zero attached hydrogens (tertiary/aromatic N) is 1. The molecule has 1 heterocycles. The van der Waals surface area contributed by atoms with E-state index >= 15 is 0 Å². The summed E-state index contributed by atoms with van der Waals surface area (Å²) in [5.41, 5.74) is 0.769. The van der Waals surface area contributed by atoms with Gasteiger partial charge in [0.2, 0.25) is 5.91 Å².